The first-order valence-corrected chi connectivity index (χ1v) is 9.70. The van der Waals surface area contributed by atoms with Gasteiger partial charge in [0.15, 0.2) is 12.1 Å². The highest BCUT2D eigenvalue weighted by Gasteiger charge is 2.91. The Morgan fingerprint density at radius 1 is 1.24 bits per heavy atom. The molecule has 0 amide bonds. The van der Waals surface area contributed by atoms with Crippen molar-refractivity contribution in [3.8, 4) is 0 Å². The first-order chi connectivity index (χ1) is 11.7. The van der Waals surface area contributed by atoms with Gasteiger partial charge in [-0.25, -0.2) is 0 Å². The number of aliphatic hydroxyl groups is 2. The van der Waals surface area contributed by atoms with Crippen LogP contribution in [-0.2, 0) is 14.3 Å². The van der Waals surface area contributed by atoms with Crippen LogP contribution in [0.5, 0.6) is 0 Å². The van der Waals surface area contributed by atoms with E-state index >= 15 is 0 Å². The second kappa shape index (κ2) is 3.91. The highest BCUT2D eigenvalue weighted by atomic mass is 16.8. The molecule has 5 heteroatoms. The molecule has 8 fully saturated rings. The quantitative estimate of drug-likeness (QED) is 0.654. The second-order valence-electron chi connectivity index (χ2n) is 10.0. The standard InChI is InChI=1S/C20H26O5/c1-9-10-5-6-11-18-8-4-7-17(2,3)12(18)14(22)20(23)19(11,13(9)21)15(10)24-16(18)25-20/h10-12,14-16,22-23H,1,4-8H2,2-3H3/t10-,11-,12+,14-,15+,16?,18+,19-,20-/m0/s1. The Labute approximate surface area is 147 Å². The Bertz CT molecular complexity index is 730. The molecule has 8 aliphatic rings. The molecule has 0 aromatic rings. The number of carbonyl (C=O) groups is 1. The van der Waals surface area contributed by atoms with Crippen LogP contribution >= 0.6 is 0 Å². The third-order valence-corrected chi connectivity index (χ3v) is 9.05. The molecular weight excluding hydrogens is 320 g/mol. The lowest BCUT2D eigenvalue weighted by atomic mass is 9.34. The van der Waals surface area contributed by atoms with Crippen molar-refractivity contribution in [1.82, 2.24) is 0 Å². The zero-order valence-electron chi connectivity index (χ0n) is 14.8. The van der Waals surface area contributed by atoms with Crippen molar-refractivity contribution in [3.05, 3.63) is 12.2 Å². The summed E-state index contributed by atoms with van der Waals surface area (Å²) < 4.78 is 12.4. The van der Waals surface area contributed by atoms with Crippen LogP contribution in [0.4, 0.5) is 0 Å². The summed E-state index contributed by atoms with van der Waals surface area (Å²) in [7, 11) is 0. The van der Waals surface area contributed by atoms with Gasteiger partial charge in [0.05, 0.1) is 6.10 Å². The molecule has 2 spiro atoms. The minimum Gasteiger partial charge on any atom is -0.387 e. The highest BCUT2D eigenvalue weighted by Crippen LogP contribution is 2.81. The number of ether oxygens (including phenoxy) is 2. The summed E-state index contributed by atoms with van der Waals surface area (Å²) in [6.45, 7) is 8.39. The van der Waals surface area contributed by atoms with Crippen LogP contribution in [0.3, 0.4) is 0 Å². The van der Waals surface area contributed by atoms with Crippen LogP contribution < -0.4 is 0 Å². The van der Waals surface area contributed by atoms with E-state index in [2.05, 4.69) is 20.4 Å². The van der Waals surface area contributed by atoms with Gasteiger partial charge in [0.2, 0.25) is 5.79 Å². The fraction of sp³-hybridized carbons (Fsp3) is 0.850. The van der Waals surface area contributed by atoms with Gasteiger partial charge in [-0.2, -0.15) is 0 Å². The maximum absolute atomic E-state index is 13.4. The van der Waals surface area contributed by atoms with E-state index in [0.717, 1.165) is 32.1 Å². The third kappa shape index (κ3) is 1.18. The average molecular weight is 346 g/mol. The minimum absolute atomic E-state index is 0.0125. The zero-order chi connectivity index (χ0) is 17.6. The Kier molecular flexibility index (Phi) is 2.40. The largest absolute Gasteiger partial charge is 0.387 e. The molecule has 2 N–H and O–H groups in total. The van der Waals surface area contributed by atoms with Crippen molar-refractivity contribution in [1.29, 1.82) is 0 Å². The molecule has 8 rings (SSSR count). The molecule has 0 aromatic carbocycles. The summed E-state index contributed by atoms with van der Waals surface area (Å²) in [4.78, 5) is 13.4. The smallest absolute Gasteiger partial charge is 0.211 e. The van der Waals surface area contributed by atoms with E-state index in [1.54, 1.807) is 0 Å². The Hall–Kier alpha value is -0.750. The van der Waals surface area contributed by atoms with Crippen LogP contribution in [0.1, 0.15) is 46.0 Å². The topological polar surface area (TPSA) is 76.0 Å². The monoisotopic (exact) mass is 346 g/mol. The Morgan fingerprint density at radius 3 is 2.76 bits per heavy atom. The summed E-state index contributed by atoms with van der Waals surface area (Å²) in [5.74, 6) is -2.11. The number of carbonyl (C=O) groups excluding carboxylic acids is 1. The van der Waals surface area contributed by atoms with E-state index in [4.69, 9.17) is 9.47 Å². The molecule has 1 unspecified atom stereocenters. The molecule has 7 bridgehead atoms. The average Bonchev–Trinajstić information content (AvgIpc) is 2.68. The summed E-state index contributed by atoms with van der Waals surface area (Å²) in [6, 6.07) is 0. The molecule has 4 heterocycles. The number of ketones is 1. The van der Waals surface area contributed by atoms with E-state index in [9.17, 15) is 15.0 Å². The van der Waals surface area contributed by atoms with E-state index in [-0.39, 0.29) is 40.5 Å². The van der Waals surface area contributed by atoms with E-state index < -0.39 is 23.6 Å². The van der Waals surface area contributed by atoms with E-state index in [0.29, 0.717) is 5.57 Å². The number of hydrogen-bond donors (Lipinski definition) is 2. The number of hydrogen-bond acceptors (Lipinski definition) is 5. The van der Waals surface area contributed by atoms with E-state index in [1.165, 1.54) is 0 Å². The molecule has 9 atom stereocenters. The fourth-order valence-corrected chi connectivity index (χ4v) is 8.46. The summed E-state index contributed by atoms with van der Waals surface area (Å²) in [5.41, 5.74) is -1.10. The summed E-state index contributed by atoms with van der Waals surface area (Å²) >= 11 is 0. The van der Waals surface area contributed by atoms with Gasteiger partial charge in [-0.1, -0.05) is 26.8 Å². The van der Waals surface area contributed by atoms with Crippen LogP contribution in [-0.4, -0.2) is 40.3 Å². The Balaban J connectivity index is 1.68. The van der Waals surface area contributed by atoms with Crippen molar-refractivity contribution in [2.75, 3.05) is 0 Å². The van der Waals surface area contributed by atoms with Gasteiger partial charge in [-0.15, -0.1) is 0 Å². The van der Waals surface area contributed by atoms with Crippen molar-refractivity contribution in [3.63, 3.8) is 0 Å². The van der Waals surface area contributed by atoms with Gasteiger partial charge >= 0.3 is 0 Å². The lowest BCUT2D eigenvalue weighted by Crippen LogP contribution is -2.89. The van der Waals surface area contributed by atoms with Crippen molar-refractivity contribution < 1.29 is 24.5 Å². The lowest BCUT2D eigenvalue weighted by molar-refractivity contribution is -0.549. The van der Waals surface area contributed by atoms with Crippen molar-refractivity contribution in [2.45, 2.75) is 70.2 Å². The SMILES string of the molecule is C=C1C(=O)[C@@]23[C@@H]4OC5O[C@@]2(O)[C@@H](O)[C@@H]2C(C)(C)CCC[C@]52[C@@H]3CC[C@@H]14. The number of aliphatic hydroxyl groups excluding tert-OH is 1. The maximum Gasteiger partial charge on any atom is 0.211 e. The molecular formula is C20H26O5. The Morgan fingerprint density at radius 2 is 2.00 bits per heavy atom. The fourth-order valence-electron chi connectivity index (χ4n) is 8.46. The molecule has 4 aliphatic heterocycles. The summed E-state index contributed by atoms with van der Waals surface area (Å²) in [5, 5.41) is 23.1. The summed E-state index contributed by atoms with van der Waals surface area (Å²) in [6.07, 6.45) is 2.73. The van der Waals surface area contributed by atoms with Crippen LogP contribution in [0, 0.1) is 34.0 Å². The molecule has 0 radical (unpaired) electrons. The van der Waals surface area contributed by atoms with Gasteiger partial charge in [0.1, 0.15) is 11.5 Å². The molecule has 4 saturated carbocycles. The number of rotatable bonds is 0. The van der Waals surface area contributed by atoms with Crippen LogP contribution in [0.15, 0.2) is 12.2 Å². The van der Waals surface area contributed by atoms with Crippen LogP contribution in [0.2, 0.25) is 0 Å². The first kappa shape index (κ1) is 15.3. The molecule has 25 heavy (non-hydrogen) atoms. The predicted molar refractivity (Wildman–Crippen MR) is 87.1 cm³/mol. The number of Topliss-reactive ketones (excluding diaryl/α,β-unsaturated/α-hetero) is 1. The highest BCUT2D eigenvalue weighted by molar-refractivity contribution is 6.05. The van der Waals surface area contributed by atoms with Crippen molar-refractivity contribution in [2.24, 2.45) is 34.0 Å². The lowest BCUT2D eigenvalue weighted by Gasteiger charge is -2.79. The maximum atomic E-state index is 13.4. The predicted octanol–water partition coefficient (Wildman–Crippen LogP) is 1.77. The zero-order valence-corrected chi connectivity index (χ0v) is 14.8. The van der Waals surface area contributed by atoms with E-state index in [1.807, 2.05) is 0 Å². The van der Waals surface area contributed by atoms with Crippen molar-refractivity contribution >= 4 is 5.78 Å². The van der Waals surface area contributed by atoms with Gasteiger partial charge in [-0.3, -0.25) is 4.79 Å². The molecule has 0 aromatic heterocycles. The normalized spacial score (nSPS) is 63.0. The van der Waals surface area contributed by atoms with Gasteiger partial charge in [0.25, 0.3) is 0 Å². The van der Waals surface area contributed by atoms with Crippen LogP contribution in [0.25, 0.3) is 0 Å². The van der Waals surface area contributed by atoms with Gasteiger partial charge in [-0.05, 0) is 42.6 Å². The first-order valence-electron chi connectivity index (χ1n) is 9.70. The minimum atomic E-state index is -1.85. The molecule has 4 aliphatic carbocycles. The second-order valence-corrected chi connectivity index (χ2v) is 10.0. The third-order valence-electron chi connectivity index (χ3n) is 9.05. The molecule has 4 saturated heterocycles. The molecule has 136 valence electrons. The van der Waals surface area contributed by atoms with Gasteiger partial charge < -0.3 is 19.7 Å². The molecule has 5 nitrogen and oxygen atoms in total. The van der Waals surface area contributed by atoms with Gasteiger partial charge in [0, 0.05) is 17.3 Å².